The minimum Gasteiger partial charge on any atom is -0.392 e. The van der Waals surface area contributed by atoms with Gasteiger partial charge in [-0.15, -0.1) is 0 Å². The molecule has 2 rings (SSSR count). The maximum atomic E-state index is 12.5. The second kappa shape index (κ2) is 4.85. The maximum Gasteiger partial charge on any atom is 0.244 e. The molecule has 0 spiro atoms. The van der Waals surface area contributed by atoms with Gasteiger partial charge in [0.15, 0.2) is 0 Å². The number of fused-ring (bicyclic) bond motifs is 1. The van der Waals surface area contributed by atoms with Crippen molar-refractivity contribution in [3.05, 3.63) is 29.8 Å². The van der Waals surface area contributed by atoms with Gasteiger partial charge in [-0.2, -0.15) is 0 Å². The van der Waals surface area contributed by atoms with Crippen molar-refractivity contribution in [2.24, 2.45) is 5.73 Å². The first kappa shape index (κ1) is 13.3. The third kappa shape index (κ3) is 2.10. The van der Waals surface area contributed by atoms with Gasteiger partial charge in [0, 0.05) is 6.54 Å². The number of thiocarbonyl (C=S) groups is 1. The van der Waals surface area contributed by atoms with Crippen LogP contribution in [0.2, 0.25) is 0 Å². The van der Waals surface area contributed by atoms with E-state index in [1.165, 1.54) is 4.31 Å². The van der Waals surface area contributed by atoms with Crippen molar-refractivity contribution in [1.29, 1.82) is 0 Å². The predicted octanol–water partition coefficient (Wildman–Crippen LogP) is 1.44. The van der Waals surface area contributed by atoms with Gasteiger partial charge in [-0.1, -0.05) is 37.3 Å². The lowest BCUT2D eigenvalue weighted by Gasteiger charge is -2.24. The number of anilines is 1. The molecule has 0 saturated carbocycles. The lowest BCUT2D eigenvalue weighted by Crippen LogP contribution is -2.43. The van der Waals surface area contributed by atoms with Crippen LogP contribution < -0.4 is 10.0 Å². The lowest BCUT2D eigenvalue weighted by atomic mass is 10.2. The third-order valence-corrected chi connectivity index (χ3v) is 5.93. The smallest absolute Gasteiger partial charge is 0.244 e. The summed E-state index contributed by atoms with van der Waals surface area (Å²) in [4.78, 5) is 0.0434. The Morgan fingerprint density at radius 1 is 1.50 bits per heavy atom. The van der Waals surface area contributed by atoms with Gasteiger partial charge in [-0.05, 0) is 24.5 Å². The Balaban J connectivity index is 2.42. The van der Waals surface area contributed by atoms with Crippen LogP contribution in [0.4, 0.5) is 5.69 Å². The molecule has 0 fully saturated rings. The molecule has 1 aromatic carbocycles. The average molecular weight is 284 g/mol. The molecule has 0 aliphatic carbocycles. The Morgan fingerprint density at radius 3 is 2.78 bits per heavy atom. The van der Waals surface area contributed by atoms with E-state index in [0.717, 1.165) is 17.7 Å². The minimum atomic E-state index is -3.50. The zero-order valence-corrected chi connectivity index (χ0v) is 11.8. The van der Waals surface area contributed by atoms with Gasteiger partial charge in [0.1, 0.15) is 5.25 Å². The number of nitrogens with zero attached hydrogens (tertiary/aromatic N) is 1. The van der Waals surface area contributed by atoms with E-state index in [1.54, 1.807) is 6.92 Å². The molecule has 0 bridgehead atoms. The summed E-state index contributed by atoms with van der Waals surface area (Å²) in [6, 6.07) is 7.53. The summed E-state index contributed by atoms with van der Waals surface area (Å²) in [5.74, 6) is 0. The van der Waals surface area contributed by atoms with Gasteiger partial charge in [0.2, 0.25) is 10.0 Å². The van der Waals surface area contributed by atoms with Crippen molar-refractivity contribution in [3.8, 4) is 0 Å². The number of para-hydroxylation sites is 1. The van der Waals surface area contributed by atoms with Crippen molar-refractivity contribution in [1.82, 2.24) is 0 Å². The Hall–Kier alpha value is -1.14. The number of benzene rings is 1. The molecule has 1 aliphatic rings. The molecule has 0 radical (unpaired) electrons. The summed E-state index contributed by atoms with van der Waals surface area (Å²) in [5, 5.41) is -0.779. The molecule has 1 unspecified atom stereocenters. The molecule has 2 N–H and O–H groups in total. The normalized spacial score (nSPS) is 16.4. The zero-order chi connectivity index (χ0) is 13.3. The lowest BCUT2D eigenvalue weighted by molar-refractivity contribution is 0.585. The fourth-order valence-corrected chi connectivity index (χ4v) is 4.64. The van der Waals surface area contributed by atoms with E-state index in [9.17, 15) is 8.42 Å². The van der Waals surface area contributed by atoms with Crippen molar-refractivity contribution < 1.29 is 8.42 Å². The van der Waals surface area contributed by atoms with Crippen molar-refractivity contribution >= 4 is 32.9 Å². The molecule has 1 aromatic rings. The first-order valence-corrected chi connectivity index (χ1v) is 7.78. The quantitative estimate of drug-likeness (QED) is 0.850. The molecule has 0 amide bonds. The highest BCUT2D eigenvalue weighted by Crippen LogP contribution is 2.31. The summed E-state index contributed by atoms with van der Waals surface area (Å²) in [7, 11) is -3.50. The molecule has 98 valence electrons. The van der Waals surface area contributed by atoms with Crippen molar-refractivity contribution in [2.75, 3.05) is 10.8 Å². The van der Waals surface area contributed by atoms with Gasteiger partial charge in [0.05, 0.1) is 10.7 Å². The summed E-state index contributed by atoms with van der Waals surface area (Å²) < 4.78 is 26.5. The molecule has 0 saturated heterocycles. The third-order valence-electron chi connectivity index (χ3n) is 3.20. The van der Waals surface area contributed by atoms with Gasteiger partial charge in [0.25, 0.3) is 0 Å². The van der Waals surface area contributed by atoms with Gasteiger partial charge in [-0.3, -0.25) is 4.31 Å². The molecule has 18 heavy (non-hydrogen) atoms. The first-order valence-electron chi connectivity index (χ1n) is 5.87. The number of hydrogen-bond donors (Lipinski definition) is 1. The van der Waals surface area contributed by atoms with Crippen molar-refractivity contribution in [2.45, 2.75) is 25.0 Å². The predicted molar refractivity (Wildman–Crippen MR) is 77.3 cm³/mol. The van der Waals surface area contributed by atoms with Crippen LogP contribution in [-0.2, 0) is 16.4 Å². The first-order chi connectivity index (χ1) is 8.48. The summed E-state index contributed by atoms with van der Waals surface area (Å²) in [6.45, 7) is 2.25. The molecule has 4 nitrogen and oxygen atoms in total. The van der Waals surface area contributed by atoms with Gasteiger partial charge in [-0.25, -0.2) is 8.42 Å². The van der Waals surface area contributed by atoms with E-state index in [4.69, 9.17) is 18.0 Å². The van der Waals surface area contributed by atoms with E-state index in [0.29, 0.717) is 13.0 Å². The van der Waals surface area contributed by atoms with E-state index in [2.05, 4.69) is 0 Å². The van der Waals surface area contributed by atoms with E-state index >= 15 is 0 Å². The maximum absolute atomic E-state index is 12.5. The van der Waals surface area contributed by atoms with Crippen LogP contribution in [0.15, 0.2) is 24.3 Å². The summed E-state index contributed by atoms with van der Waals surface area (Å²) in [6.07, 6.45) is 1.14. The number of nitrogens with two attached hydrogens (primary N) is 1. The van der Waals surface area contributed by atoms with Crippen LogP contribution in [0.5, 0.6) is 0 Å². The summed E-state index contributed by atoms with van der Waals surface area (Å²) >= 11 is 4.87. The van der Waals surface area contributed by atoms with E-state index in [-0.39, 0.29) is 4.99 Å². The fraction of sp³-hybridized carbons (Fsp3) is 0.417. The molecule has 0 aromatic heterocycles. The molecular weight excluding hydrogens is 268 g/mol. The molecule has 1 aliphatic heterocycles. The average Bonchev–Trinajstić information content (AvgIpc) is 2.72. The second-order valence-electron chi connectivity index (χ2n) is 4.30. The van der Waals surface area contributed by atoms with Crippen LogP contribution >= 0.6 is 12.2 Å². The van der Waals surface area contributed by atoms with Gasteiger partial charge < -0.3 is 5.73 Å². The highest BCUT2D eigenvalue weighted by Gasteiger charge is 2.36. The Morgan fingerprint density at radius 2 is 2.17 bits per heavy atom. The Kier molecular flexibility index (Phi) is 3.59. The largest absolute Gasteiger partial charge is 0.392 e. The standard InChI is InChI=1S/C12H16N2O2S2/c1-2-11(12(13)17)18(15,16)14-8-7-9-5-3-4-6-10(9)14/h3-6,11H,2,7-8H2,1H3,(H2,13,17). The topological polar surface area (TPSA) is 63.4 Å². The number of hydrogen-bond acceptors (Lipinski definition) is 3. The number of sulfonamides is 1. The second-order valence-corrected chi connectivity index (χ2v) is 6.81. The highest BCUT2D eigenvalue weighted by molar-refractivity contribution is 7.95. The molecule has 1 heterocycles. The van der Waals surface area contributed by atoms with Crippen molar-refractivity contribution in [3.63, 3.8) is 0 Å². The highest BCUT2D eigenvalue weighted by atomic mass is 32.2. The van der Waals surface area contributed by atoms with E-state index < -0.39 is 15.3 Å². The zero-order valence-electron chi connectivity index (χ0n) is 10.2. The molecular formula is C12H16N2O2S2. The number of rotatable bonds is 4. The Labute approximate surface area is 113 Å². The SMILES string of the molecule is CCC(C(N)=S)S(=O)(=O)N1CCc2ccccc21. The van der Waals surface area contributed by atoms with Crippen LogP contribution in [-0.4, -0.2) is 25.2 Å². The van der Waals surface area contributed by atoms with Crippen LogP contribution in [0, 0.1) is 0 Å². The van der Waals surface area contributed by atoms with Crippen LogP contribution in [0.3, 0.4) is 0 Å². The molecule has 6 heteroatoms. The van der Waals surface area contributed by atoms with Crippen LogP contribution in [0.1, 0.15) is 18.9 Å². The summed E-state index contributed by atoms with van der Waals surface area (Å²) in [5.41, 5.74) is 7.36. The minimum absolute atomic E-state index is 0.0434. The van der Waals surface area contributed by atoms with E-state index in [1.807, 2.05) is 24.3 Å². The Bertz CT molecular complexity index is 569. The monoisotopic (exact) mass is 284 g/mol. The van der Waals surface area contributed by atoms with Crippen LogP contribution in [0.25, 0.3) is 0 Å². The van der Waals surface area contributed by atoms with Gasteiger partial charge >= 0.3 is 0 Å². The fourth-order valence-electron chi connectivity index (χ4n) is 2.28. The molecule has 1 atom stereocenters.